The van der Waals surface area contributed by atoms with Crippen LogP contribution in [0.4, 0.5) is 5.69 Å². The van der Waals surface area contributed by atoms with Gasteiger partial charge in [0.25, 0.3) is 5.91 Å². The lowest BCUT2D eigenvalue weighted by Crippen LogP contribution is -2.33. The van der Waals surface area contributed by atoms with E-state index in [4.69, 9.17) is 9.47 Å². The van der Waals surface area contributed by atoms with Crippen molar-refractivity contribution in [2.45, 2.75) is 69.9 Å². The summed E-state index contributed by atoms with van der Waals surface area (Å²) in [7, 11) is -2.25. The molecular weight excluding hydrogens is 428 g/mol. The number of benzene rings is 2. The quantitative estimate of drug-likeness (QED) is 0.589. The van der Waals surface area contributed by atoms with Gasteiger partial charge in [0.15, 0.2) is 6.10 Å². The van der Waals surface area contributed by atoms with Crippen LogP contribution >= 0.6 is 0 Å². The number of amides is 1. The summed E-state index contributed by atoms with van der Waals surface area (Å²) in [4.78, 5) is 13.0. The normalized spacial score (nSPS) is 14.5. The zero-order valence-electron chi connectivity index (χ0n) is 19.1. The number of carbonyl (C=O) groups excluding carboxylic acids is 1. The average Bonchev–Trinajstić information content (AvgIpc) is 2.76. The van der Waals surface area contributed by atoms with Crippen LogP contribution in [-0.4, -0.2) is 33.6 Å². The molecule has 1 amide bonds. The van der Waals surface area contributed by atoms with Crippen molar-refractivity contribution in [3.63, 3.8) is 0 Å². The lowest BCUT2D eigenvalue weighted by atomic mass is 9.92. The van der Waals surface area contributed by atoms with Gasteiger partial charge in [-0.2, -0.15) is 0 Å². The molecule has 2 aromatic rings. The Labute approximate surface area is 190 Å². The highest BCUT2D eigenvalue weighted by atomic mass is 32.2. The van der Waals surface area contributed by atoms with Gasteiger partial charge in [0.1, 0.15) is 11.5 Å². The fourth-order valence-corrected chi connectivity index (χ4v) is 5.09. The van der Waals surface area contributed by atoms with Crippen LogP contribution in [0.2, 0.25) is 0 Å². The number of anilines is 1. The van der Waals surface area contributed by atoms with Crippen LogP contribution in [0.15, 0.2) is 41.3 Å². The Morgan fingerprint density at radius 1 is 1.06 bits per heavy atom. The predicted molar refractivity (Wildman–Crippen MR) is 125 cm³/mol. The average molecular weight is 461 g/mol. The molecule has 1 aliphatic rings. The second kappa shape index (κ2) is 10.4. The third kappa shape index (κ3) is 5.81. The zero-order valence-corrected chi connectivity index (χ0v) is 19.9. The minimum atomic E-state index is -3.71. The van der Waals surface area contributed by atoms with E-state index in [1.807, 2.05) is 19.1 Å². The van der Waals surface area contributed by atoms with Crippen molar-refractivity contribution < 1.29 is 22.7 Å². The first kappa shape index (κ1) is 24.1. The number of hydrogen-bond donors (Lipinski definition) is 2. The van der Waals surface area contributed by atoms with Crippen molar-refractivity contribution in [2.75, 3.05) is 12.4 Å². The number of methoxy groups -OCH3 is 1. The highest BCUT2D eigenvalue weighted by Crippen LogP contribution is 2.29. The molecule has 0 saturated heterocycles. The number of fused-ring (bicyclic) bond motifs is 1. The number of nitrogens with one attached hydrogen (secondary N) is 2. The summed E-state index contributed by atoms with van der Waals surface area (Å²) in [5, 5.41) is 2.78. The summed E-state index contributed by atoms with van der Waals surface area (Å²) < 4.78 is 38.9. The Kier molecular flexibility index (Phi) is 7.79. The zero-order chi connectivity index (χ0) is 23.3. The van der Waals surface area contributed by atoms with Gasteiger partial charge in [0.05, 0.1) is 17.7 Å². The van der Waals surface area contributed by atoms with Crippen LogP contribution in [-0.2, 0) is 27.7 Å². The van der Waals surface area contributed by atoms with Gasteiger partial charge >= 0.3 is 0 Å². The number of sulfonamides is 1. The molecule has 0 heterocycles. The van der Waals surface area contributed by atoms with Crippen molar-refractivity contribution >= 4 is 21.6 Å². The molecule has 1 atom stereocenters. The van der Waals surface area contributed by atoms with Crippen molar-refractivity contribution in [3.05, 3.63) is 47.5 Å². The largest absolute Gasteiger partial charge is 0.495 e. The monoisotopic (exact) mass is 460 g/mol. The van der Waals surface area contributed by atoms with Gasteiger partial charge in [0.2, 0.25) is 10.0 Å². The third-order valence-corrected chi connectivity index (χ3v) is 7.05. The van der Waals surface area contributed by atoms with Gasteiger partial charge in [-0.15, -0.1) is 0 Å². The van der Waals surface area contributed by atoms with Crippen LogP contribution in [0, 0.1) is 0 Å². The Morgan fingerprint density at radius 2 is 1.78 bits per heavy atom. The molecule has 0 saturated carbocycles. The van der Waals surface area contributed by atoms with Gasteiger partial charge in [-0.3, -0.25) is 4.79 Å². The lowest BCUT2D eigenvalue weighted by Gasteiger charge is -2.21. The molecule has 0 aliphatic heterocycles. The number of hydrogen-bond acceptors (Lipinski definition) is 5. The molecular formula is C24H32N2O5S. The fraction of sp³-hybridized carbons (Fsp3) is 0.458. The van der Waals surface area contributed by atoms with E-state index in [0.29, 0.717) is 17.9 Å². The summed E-state index contributed by atoms with van der Waals surface area (Å²) in [6.07, 6.45) is 4.21. The number of carbonyl (C=O) groups is 1. The molecule has 0 unspecified atom stereocenters. The molecule has 174 valence electrons. The lowest BCUT2D eigenvalue weighted by molar-refractivity contribution is -0.122. The molecule has 0 aromatic heterocycles. The first-order valence-corrected chi connectivity index (χ1v) is 12.5. The first-order valence-electron chi connectivity index (χ1n) is 11.0. The topological polar surface area (TPSA) is 93.7 Å². The molecule has 3 rings (SSSR count). The summed E-state index contributed by atoms with van der Waals surface area (Å²) in [6, 6.07) is 10.1. The molecule has 0 bridgehead atoms. The molecule has 8 heteroatoms. The predicted octanol–water partition coefficient (Wildman–Crippen LogP) is 4.06. The van der Waals surface area contributed by atoms with E-state index in [2.05, 4.69) is 16.1 Å². The minimum Gasteiger partial charge on any atom is -0.495 e. The van der Waals surface area contributed by atoms with Crippen LogP contribution in [0.5, 0.6) is 11.5 Å². The highest BCUT2D eigenvalue weighted by Gasteiger charge is 2.23. The van der Waals surface area contributed by atoms with E-state index in [0.717, 1.165) is 12.8 Å². The van der Waals surface area contributed by atoms with E-state index in [9.17, 15) is 13.2 Å². The maximum absolute atomic E-state index is 13.0. The maximum Gasteiger partial charge on any atom is 0.265 e. The molecule has 0 radical (unpaired) electrons. The fourth-order valence-electron chi connectivity index (χ4n) is 3.81. The molecule has 1 aliphatic carbocycles. The molecule has 0 spiro atoms. The van der Waals surface area contributed by atoms with Crippen LogP contribution in [0.1, 0.15) is 51.2 Å². The Morgan fingerprint density at radius 3 is 2.44 bits per heavy atom. The van der Waals surface area contributed by atoms with Crippen molar-refractivity contribution in [1.29, 1.82) is 0 Å². The van der Waals surface area contributed by atoms with Crippen LogP contribution < -0.4 is 19.5 Å². The first-order chi connectivity index (χ1) is 15.2. The van der Waals surface area contributed by atoms with Crippen molar-refractivity contribution in [2.24, 2.45) is 0 Å². The second-order valence-electron chi connectivity index (χ2n) is 8.28. The van der Waals surface area contributed by atoms with Gasteiger partial charge in [-0.25, -0.2) is 13.1 Å². The summed E-state index contributed by atoms with van der Waals surface area (Å²) in [5.41, 5.74) is 2.90. The summed E-state index contributed by atoms with van der Waals surface area (Å²) in [6.45, 7) is 5.36. The Bertz CT molecular complexity index is 1070. The van der Waals surface area contributed by atoms with Gasteiger partial charge < -0.3 is 14.8 Å². The van der Waals surface area contributed by atoms with E-state index in [1.54, 1.807) is 13.8 Å². The van der Waals surface area contributed by atoms with Gasteiger partial charge in [-0.05, 0) is 87.4 Å². The van der Waals surface area contributed by atoms with Gasteiger partial charge in [-0.1, -0.05) is 13.0 Å². The van der Waals surface area contributed by atoms with Gasteiger partial charge in [0, 0.05) is 6.04 Å². The number of ether oxygens (including phenoxy) is 2. The van der Waals surface area contributed by atoms with Crippen molar-refractivity contribution in [3.8, 4) is 11.5 Å². The Balaban J connectivity index is 1.79. The summed E-state index contributed by atoms with van der Waals surface area (Å²) >= 11 is 0. The van der Waals surface area contributed by atoms with E-state index < -0.39 is 16.1 Å². The second-order valence-corrected chi connectivity index (χ2v) is 9.99. The summed E-state index contributed by atoms with van der Waals surface area (Å²) in [5.74, 6) is 0.664. The van der Waals surface area contributed by atoms with Crippen molar-refractivity contribution in [1.82, 2.24) is 4.72 Å². The number of aryl methyl sites for hydroxylation is 2. The molecule has 2 N–H and O–H groups in total. The Hall–Kier alpha value is -2.58. The van der Waals surface area contributed by atoms with E-state index >= 15 is 0 Å². The maximum atomic E-state index is 13.0. The number of rotatable bonds is 9. The van der Waals surface area contributed by atoms with Crippen LogP contribution in [0.25, 0.3) is 0 Å². The highest BCUT2D eigenvalue weighted by molar-refractivity contribution is 7.89. The smallest absolute Gasteiger partial charge is 0.265 e. The molecule has 32 heavy (non-hydrogen) atoms. The molecule has 7 nitrogen and oxygen atoms in total. The minimum absolute atomic E-state index is 0.0472. The standard InChI is InChI=1S/C24H32N2O5S/c1-5-22(31-19-11-10-17-8-6-7-9-18(17)14-19)24(27)25-21-15-20(12-13-23(21)30-4)32(28,29)26-16(2)3/h10-16,22,26H,5-9H2,1-4H3,(H,25,27)/t22-/m0/s1. The third-order valence-electron chi connectivity index (χ3n) is 5.39. The van der Waals surface area contributed by atoms with Crippen LogP contribution in [0.3, 0.4) is 0 Å². The SMILES string of the molecule is CC[C@H](Oc1ccc2c(c1)CCCC2)C(=O)Nc1cc(S(=O)(=O)NC(C)C)ccc1OC. The molecule has 0 fully saturated rings. The molecule has 2 aromatic carbocycles. The van der Waals surface area contributed by atoms with E-state index in [1.165, 1.54) is 49.3 Å². The van der Waals surface area contributed by atoms with E-state index in [-0.39, 0.29) is 22.5 Å².